The summed E-state index contributed by atoms with van der Waals surface area (Å²) < 4.78 is 0. The molecular weight excluding hydrogens is 186 g/mol. The van der Waals surface area contributed by atoms with Crippen molar-refractivity contribution in [2.45, 2.75) is 32.4 Å². The zero-order valence-corrected chi connectivity index (χ0v) is 9.28. The third-order valence-electron chi connectivity index (χ3n) is 3.06. The van der Waals surface area contributed by atoms with E-state index in [-0.39, 0.29) is 6.10 Å². The molecule has 0 aromatic heterocycles. The lowest BCUT2D eigenvalue weighted by Gasteiger charge is -2.28. The van der Waals surface area contributed by atoms with Gasteiger partial charge >= 0.3 is 0 Å². The molecule has 2 heteroatoms. The van der Waals surface area contributed by atoms with E-state index in [1.54, 1.807) is 0 Å². The Kier molecular flexibility index (Phi) is 3.39. The van der Waals surface area contributed by atoms with E-state index >= 15 is 0 Å². The molecule has 1 aromatic rings. The van der Waals surface area contributed by atoms with Crippen LogP contribution in [0.15, 0.2) is 24.3 Å². The number of benzene rings is 1. The van der Waals surface area contributed by atoms with E-state index in [0.29, 0.717) is 0 Å². The fraction of sp³-hybridized carbons (Fsp3) is 0.538. The van der Waals surface area contributed by atoms with Crippen molar-refractivity contribution in [3.63, 3.8) is 0 Å². The van der Waals surface area contributed by atoms with Gasteiger partial charge in [-0.2, -0.15) is 0 Å². The molecule has 2 rings (SSSR count). The van der Waals surface area contributed by atoms with Gasteiger partial charge in [0.15, 0.2) is 0 Å². The van der Waals surface area contributed by atoms with Gasteiger partial charge in [-0.25, -0.2) is 5.11 Å². The molecule has 2 nitrogen and oxygen atoms in total. The molecular formula is C13H18NO. The lowest BCUT2D eigenvalue weighted by atomic mass is 10.1. The summed E-state index contributed by atoms with van der Waals surface area (Å²) >= 11 is 0. The molecule has 1 radical (unpaired) electrons. The molecule has 1 heterocycles. The molecule has 0 N–H and O–H groups in total. The molecule has 1 aromatic carbocycles. The maximum absolute atomic E-state index is 11.2. The van der Waals surface area contributed by atoms with Crippen LogP contribution < -0.4 is 0 Å². The molecule has 0 spiro atoms. The molecule has 0 bridgehead atoms. The van der Waals surface area contributed by atoms with Gasteiger partial charge in [0.05, 0.1) is 6.10 Å². The van der Waals surface area contributed by atoms with Crippen LogP contribution in [-0.2, 0) is 11.7 Å². The number of hydrogen-bond acceptors (Lipinski definition) is 1. The molecule has 0 atom stereocenters. The standard InChI is InChI=1S/C13H18NO/c1-11-2-4-12(5-3-11)10-14-8-6-13(15)7-9-14/h2-5,13H,6-10H2,1H3. The number of likely N-dealkylation sites (tertiary alicyclic amines) is 1. The van der Waals surface area contributed by atoms with Crippen LogP contribution in [0.1, 0.15) is 24.0 Å². The molecule has 81 valence electrons. The van der Waals surface area contributed by atoms with Crippen molar-refractivity contribution in [3.8, 4) is 0 Å². The van der Waals surface area contributed by atoms with Crippen LogP contribution >= 0.6 is 0 Å². The lowest BCUT2D eigenvalue weighted by Crippen LogP contribution is -2.34. The van der Waals surface area contributed by atoms with Gasteiger partial charge in [-0.15, -0.1) is 0 Å². The minimum absolute atomic E-state index is 0.320. The summed E-state index contributed by atoms with van der Waals surface area (Å²) in [4.78, 5) is 2.37. The van der Waals surface area contributed by atoms with Crippen molar-refractivity contribution in [2.24, 2.45) is 0 Å². The average Bonchev–Trinajstić information content (AvgIpc) is 2.25. The summed E-state index contributed by atoms with van der Waals surface area (Å²) in [6, 6.07) is 8.66. The third kappa shape index (κ3) is 3.05. The number of nitrogens with zero attached hydrogens (tertiary/aromatic N) is 1. The Morgan fingerprint density at radius 1 is 1.20 bits per heavy atom. The highest BCUT2D eigenvalue weighted by Gasteiger charge is 2.17. The summed E-state index contributed by atoms with van der Waals surface area (Å²) in [5.41, 5.74) is 2.65. The fourth-order valence-corrected chi connectivity index (χ4v) is 2.02. The first-order chi connectivity index (χ1) is 7.24. The Hall–Kier alpha value is -0.860. The van der Waals surface area contributed by atoms with Crippen molar-refractivity contribution >= 4 is 0 Å². The van der Waals surface area contributed by atoms with E-state index in [4.69, 9.17) is 0 Å². The summed E-state index contributed by atoms with van der Waals surface area (Å²) in [5.74, 6) is 0. The van der Waals surface area contributed by atoms with Gasteiger partial charge in [0.25, 0.3) is 0 Å². The van der Waals surface area contributed by atoms with Crippen LogP contribution in [-0.4, -0.2) is 24.1 Å². The molecule has 1 fully saturated rings. The van der Waals surface area contributed by atoms with Gasteiger partial charge in [0, 0.05) is 19.6 Å². The molecule has 0 amide bonds. The quantitative estimate of drug-likeness (QED) is 0.725. The van der Waals surface area contributed by atoms with Crippen molar-refractivity contribution in [1.82, 2.24) is 4.90 Å². The van der Waals surface area contributed by atoms with Gasteiger partial charge in [0.1, 0.15) is 0 Å². The van der Waals surface area contributed by atoms with E-state index in [1.165, 1.54) is 11.1 Å². The first-order valence-corrected chi connectivity index (χ1v) is 5.68. The molecule has 0 saturated carbocycles. The van der Waals surface area contributed by atoms with Crippen molar-refractivity contribution in [3.05, 3.63) is 35.4 Å². The first kappa shape index (κ1) is 10.7. The fourth-order valence-electron chi connectivity index (χ4n) is 2.02. The Balaban J connectivity index is 1.89. The SMILES string of the molecule is Cc1ccc(CN2CCC([O])CC2)cc1. The Morgan fingerprint density at radius 2 is 1.80 bits per heavy atom. The second kappa shape index (κ2) is 4.77. The Bertz CT molecular complexity index is 299. The summed E-state index contributed by atoms with van der Waals surface area (Å²) in [6.45, 7) is 5.02. The highest BCUT2D eigenvalue weighted by Crippen LogP contribution is 2.14. The second-order valence-corrected chi connectivity index (χ2v) is 4.46. The first-order valence-electron chi connectivity index (χ1n) is 5.68. The van der Waals surface area contributed by atoms with Gasteiger partial charge in [0.2, 0.25) is 0 Å². The zero-order valence-electron chi connectivity index (χ0n) is 9.28. The van der Waals surface area contributed by atoms with Crippen molar-refractivity contribution < 1.29 is 5.11 Å². The normalized spacial score (nSPS) is 19.3. The van der Waals surface area contributed by atoms with Crippen LogP contribution in [0.2, 0.25) is 0 Å². The van der Waals surface area contributed by atoms with Gasteiger partial charge < -0.3 is 0 Å². The monoisotopic (exact) mass is 204 g/mol. The number of aryl methyl sites for hydroxylation is 1. The van der Waals surface area contributed by atoms with Crippen LogP contribution in [0.3, 0.4) is 0 Å². The number of piperidine rings is 1. The maximum Gasteiger partial charge on any atom is 0.0954 e. The van der Waals surface area contributed by atoms with E-state index in [2.05, 4.69) is 36.1 Å². The van der Waals surface area contributed by atoms with Crippen LogP contribution in [0, 0.1) is 6.92 Å². The average molecular weight is 204 g/mol. The van der Waals surface area contributed by atoms with Crippen molar-refractivity contribution in [2.75, 3.05) is 13.1 Å². The molecule has 15 heavy (non-hydrogen) atoms. The minimum Gasteiger partial charge on any atom is -0.299 e. The predicted molar refractivity (Wildman–Crippen MR) is 60.2 cm³/mol. The Morgan fingerprint density at radius 3 is 2.40 bits per heavy atom. The second-order valence-electron chi connectivity index (χ2n) is 4.46. The molecule has 0 unspecified atom stereocenters. The van der Waals surface area contributed by atoms with Crippen LogP contribution in [0.25, 0.3) is 0 Å². The maximum atomic E-state index is 11.2. The summed E-state index contributed by atoms with van der Waals surface area (Å²) in [7, 11) is 0. The van der Waals surface area contributed by atoms with Crippen LogP contribution in [0.5, 0.6) is 0 Å². The molecule has 1 aliphatic heterocycles. The van der Waals surface area contributed by atoms with Gasteiger partial charge in [-0.1, -0.05) is 29.8 Å². The lowest BCUT2D eigenvalue weighted by molar-refractivity contribution is 0.0257. The largest absolute Gasteiger partial charge is 0.299 e. The van der Waals surface area contributed by atoms with Gasteiger partial charge in [-0.05, 0) is 25.3 Å². The molecule has 1 saturated heterocycles. The van der Waals surface area contributed by atoms with Gasteiger partial charge in [-0.3, -0.25) is 4.90 Å². The van der Waals surface area contributed by atoms with Crippen molar-refractivity contribution in [1.29, 1.82) is 0 Å². The summed E-state index contributed by atoms with van der Waals surface area (Å²) in [5, 5.41) is 11.2. The third-order valence-corrected chi connectivity index (χ3v) is 3.06. The zero-order chi connectivity index (χ0) is 10.7. The molecule has 0 aliphatic carbocycles. The highest BCUT2D eigenvalue weighted by molar-refractivity contribution is 5.21. The summed E-state index contributed by atoms with van der Waals surface area (Å²) in [6.07, 6.45) is 1.30. The predicted octanol–water partition coefficient (Wildman–Crippen LogP) is 2.39. The van der Waals surface area contributed by atoms with E-state index < -0.39 is 0 Å². The highest BCUT2D eigenvalue weighted by atomic mass is 16.3. The van der Waals surface area contributed by atoms with E-state index in [9.17, 15) is 5.11 Å². The smallest absolute Gasteiger partial charge is 0.0954 e. The van der Waals surface area contributed by atoms with Crippen LogP contribution in [0.4, 0.5) is 0 Å². The van der Waals surface area contributed by atoms with E-state index in [1.807, 2.05) is 0 Å². The molecule has 1 aliphatic rings. The number of rotatable bonds is 2. The van der Waals surface area contributed by atoms with E-state index in [0.717, 1.165) is 32.5 Å². The number of hydrogen-bond donors (Lipinski definition) is 0. The minimum atomic E-state index is -0.320. The topological polar surface area (TPSA) is 23.1 Å². The Labute approximate surface area is 91.5 Å².